The van der Waals surface area contributed by atoms with E-state index < -0.39 is 0 Å². The van der Waals surface area contributed by atoms with Crippen molar-refractivity contribution in [3.8, 4) is 0 Å². The van der Waals surface area contributed by atoms with Gasteiger partial charge in [0.05, 0.1) is 0 Å². The zero-order valence-corrected chi connectivity index (χ0v) is 36.7. The van der Waals surface area contributed by atoms with Crippen molar-refractivity contribution in [3.05, 3.63) is 48.6 Å². The molecule has 0 aliphatic rings. The Bertz CT molecular complexity index is 1380. The van der Waals surface area contributed by atoms with Gasteiger partial charge in [-0.25, -0.2) is 0 Å². The first-order chi connectivity index (χ1) is 25.8. The summed E-state index contributed by atoms with van der Waals surface area (Å²) in [5.74, 6) is 0. The number of hydrogen-bond donors (Lipinski definition) is 0. The van der Waals surface area contributed by atoms with Gasteiger partial charge in [0.2, 0.25) is 0 Å². The van der Waals surface area contributed by atoms with E-state index in [4.69, 9.17) is 20.7 Å². The van der Waals surface area contributed by atoms with Gasteiger partial charge in [-0.1, -0.05) is 0 Å². The van der Waals surface area contributed by atoms with Crippen LogP contribution in [-0.4, -0.2) is 67.4 Å². The van der Waals surface area contributed by atoms with Crippen LogP contribution in [0, 0.1) is 0 Å². The minimum atomic E-state index is 0.898. The van der Waals surface area contributed by atoms with Gasteiger partial charge in [-0.2, -0.15) is 0 Å². The predicted molar refractivity (Wildman–Crippen MR) is 235 cm³/mol. The Balaban J connectivity index is 2.86. The van der Waals surface area contributed by atoms with Gasteiger partial charge in [0.15, 0.2) is 0 Å². The molecule has 0 fully saturated rings. The summed E-state index contributed by atoms with van der Waals surface area (Å²) >= 11 is 6.04. The molecule has 7 heteroatoms. The van der Waals surface area contributed by atoms with Gasteiger partial charge < -0.3 is 0 Å². The Labute approximate surface area is 335 Å². The molecule has 2 aromatic carbocycles. The Morgan fingerprint density at radius 2 is 1.00 bits per heavy atom. The number of hydrogen-bond acceptors (Lipinski definition) is 5. The van der Waals surface area contributed by atoms with E-state index in [0.29, 0.717) is 0 Å². The van der Waals surface area contributed by atoms with Crippen LogP contribution in [0.15, 0.2) is 53.5 Å². The molecule has 6 nitrogen and oxygen atoms in total. The van der Waals surface area contributed by atoms with Crippen molar-refractivity contribution >= 4 is 45.5 Å². The first-order valence-corrected chi connectivity index (χ1v) is 22.1. The third-order valence-electron chi connectivity index (χ3n) is 10.6. The topological polar surface area (TPSA) is 28.3 Å². The average molecular weight is 774 g/mol. The Hall–Kier alpha value is -2.79. The SMILES string of the molecule is CCCCCCCCC=CC(C(CCCCCC)=Nc1ccc(N(CC)CC)c(N(CC)CC)c1)=[N+]([Ni])c1ccc(N(CC)CC)c(N(CC)CC)c1. The third-order valence-corrected chi connectivity index (χ3v) is 11.1. The second kappa shape index (κ2) is 26.9. The Morgan fingerprint density at radius 1 is 0.547 bits per heavy atom. The molecular formula is C46H78N6Ni+. The van der Waals surface area contributed by atoms with Gasteiger partial charge in [0.1, 0.15) is 0 Å². The molecule has 0 saturated heterocycles. The first kappa shape index (κ1) is 46.4. The molecule has 0 radical (unpaired) electrons. The van der Waals surface area contributed by atoms with Crippen LogP contribution in [0.1, 0.15) is 146 Å². The van der Waals surface area contributed by atoms with Crippen molar-refractivity contribution in [2.45, 2.75) is 146 Å². The van der Waals surface area contributed by atoms with Gasteiger partial charge in [-0.15, -0.1) is 0 Å². The standard InChI is InChI=1S/C46H78N6.Ni/c1-11-21-23-25-26-27-28-30-32-42(48-40-34-36-44(50(15-5)16-6)46(38-40)52(19-9)20-10)41(31-29-24-22-12-2)47-39-33-35-43(49(13-3)14-4)45(37-39)51(17-7)18-8;/h30,32-38H,11-29,31H2,1-10H3;/q;+1. The molecule has 0 unspecified atom stereocenters. The normalized spacial score (nSPS) is 12.4. The molecular weight excluding hydrogens is 695 g/mol. The Kier molecular flexibility index (Phi) is 23.5. The molecule has 0 aliphatic heterocycles. The number of rotatable bonds is 28. The number of aliphatic imine (C=N–C) groups is 1. The van der Waals surface area contributed by atoms with Crippen molar-refractivity contribution in [2.24, 2.45) is 4.99 Å². The van der Waals surface area contributed by atoms with Crippen LogP contribution in [0.25, 0.3) is 0 Å². The zero-order valence-electron chi connectivity index (χ0n) is 35.8. The summed E-state index contributed by atoms with van der Waals surface area (Å²) in [5, 5.41) is 0. The van der Waals surface area contributed by atoms with Crippen molar-refractivity contribution in [1.29, 1.82) is 0 Å². The number of nitrogens with zero attached hydrogens (tertiary/aromatic N) is 6. The van der Waals surface area contributed by atoms with Gasteiger partial charge in [-0.3, -0.25) is 0 Å². The quantitative estimate of drug-likeness (QED) is 0.0489. The molecule has 0 heterocycles. The van der Waals surface area contributed by atoms with Crippen LogP contribution >= 0.6 is 0 Å². The molecule has 0 N–H and O–H groups in total. The fraction of sp³-hybridized carbons (Fsp3) is 0.652. The molecule has 0 aliphatic carbocycles. The first-order valence-electron chi connectivity index (χ1n) is 21.6. The Morgan fingerprint density at radius 3 is 1.53 bits per heavy atom. The van der Waals surface area contributed by atoms with Crippen LogP contribution in [0.2, 0.25) is 0 Å². The summed E-state index contributed by atoms with van der Waals surface area (Å²) in [7, 11) is 0. The molecule has 0 saturated carbocycles. The maximum atomic E-state index is 6.04. The van der Waals surface area contributed by atoms with Gasteiger partial charge in [0.25, 0.3) is 0 Å². The van der Waals surface area contributed by atoms with E-state index in [0.717, 1.165) is 94.4 Å². The van der Waals surface area contributed by atoms with Crippen molar-refractivity contribution in [1.82, 2.24) is 0 Å². The zero-order chi connectivity index (χ0) is 39.0. The predicted octanol–water partition coefficient (Wildman–Crippen LogP) is 12.7. The summed E-state index contributed by atoms with van der Waals surface area (Å²) in [6.45, 7) is 30.3. The van der Waals surface area contributed by atoms with E-state index in [2.05, 4.69) is 137 Å². The van der Waals surface area contributed by atoms with Gasteiger partial charge >= 0.3 is 337 Å². The molecule has 0 atom stereocenters. The van der Waals surface area contributed by atoms with Crippen LogP contribution in [0.5, 0.6) is 0 Å². The molecule has 0 amide bonds. The summed E-state index contributed by atoms with van der Waals surface area (Å²) < 4.78 is 2.05. The number of anilines is 4. The fourth-order valence-corrected chi connectivity index (χ4v) is 7.60. The van der Waals surface area contributed by atoms with Crippen molar-refractivity contribution in [3.63, 3.8) is 0 Å². The third kappa shape index (κ3) is 14.4. The average Bonchev–Trinajstić information content (AvgIpc) is 3.18. The van der Waals surface area contributed by atoms with E-state index in [-0.39, 0.29) is 0 Å². The monoisotopic (exact) mass is 773 g/mol. The number of benzene rings is 2. The van der Waals surface area contributed by atoms with E-state index in [9.17, 15) is 0 Å². The van der Waals surface area contributed by atoms with Gasteiger partial charge in [0, 0.05) is 0 Å². The summed E-state index contributed by atoms with van der Waals surface area (Å²) in [6, 6.07) is 13.7. The molecule has 2 aromatic rings. The molecule has 0 aromatic heterocycles. The minimum absolute atomic E-state index is 0.898. The van der Waals surface area contributed by atoms with E-state index in [1.54, 1.807) is 0 Å². The van der Waals surface area contributed by atoms with Gasteiger partial charge in [-0.05, 0) is 0 Å². The summed E-state index contributed by atoms with van der Waals surface area (Å²) in [6.07, 6.45) is 19.2. The molecule has 2 rings (SSSR count). The number of unbranched alkanes of at least 4 members (excludes halogenated alkanes) is 9. The van der Waals surface area contributed by atoms with Crippen LogP contribution in [0.3, 0.4) is 0 Å². The number of allylic oxidation sites excluding steroid dienone is 2. The molecule has 301 valence electrons. The van der Waals surface area contributed by atoms with E-state index >= 15 is 0 Å². The van der Waals surface area contributed by atoms with E-state index in [1.807, 2.05) is 3.66 Å². The van der Waals surface area contributed by atoms with Crippen molar-refractivity contribution < 1.29 is 19.3 Å². The van der Waals surface area contributed by atoms with Crippen LogP contribution in [0.4, 0.5) is 34.1 Å². The summed E-state index contributed by atoms with van der Waals surface area (Å²) in [4.78, 5) is 15.4. The molecule has 0 spiro atoms. The van der Waals surface area contributed by atoms with Crippen LogP contribution in [-0.2, 0) is 15.7 Å². The molecule has 53 heavy (non-hydrogen) atoms. The fourth-order valence-electron chi connectivity index (χ4n) is 7.26. The van der Waals surface area contributed by atoms with E-state index in [1.165, 1.54) is 80.5 Å². The second-order valence-electron chi connectivity index (χ2n) is 14.0. The van der Waals surface area contributed by atoms with Crippen LogP contribution < -0.4 is 19.6 Å². The summed E-state index contributed by atoms with van der Waals surface area (Å²) in [5.41, 5.74) is 9.27. The maximum absolute atomic E-state index is 6.04. The second-order valence-corrected chi connectivity index (χ2v) is 14.4. The molecule has 0 bridgehead atoms. The van der Waals surface area contributed by atoms with Crippen molar-refractivity contribution in [2.75, 3.05) is 72.0 Å².